The van der Waals surface area contributed by atoms with E-state index < -0.39 is 24.2 Å². The van der Waals surface area contributed by atoms with Crippen LogP contribution in [0.25, 0.3) is 11.4 Å². The van der Waals surface area contributed by atoms with Crippen LogP contribution in [0.15, 0.2) is 12.3 Å². The fraction of sp³-hybridized carbons (Fsp3) is 0.652. The number of nitrogen functional groups attached to an aromatic ring is 1. The fourth-order valence-electron chi connectivity index (χ4n) is 5.52. The van der Waals surface area contributed by atoms with Gasteiger partial charge in [0.1, 0.15) is 5.82 Å². The highest BCUT2D eigenvalue weighted by molar-refractivity contribution is 5.64. The van der Waals surface area contributed by atoms with Gasteiger partial charge in [-0.05, 0) is 45.6 Å². The Balaban J connectivity index is 1.66. The lowest BCUT2D eigenvalue weighted by molar-refractivity contribution is 0.0389. The van der Waals surface area contributed by atoms with E-state index >= 15 is 0 Å². The molecule has 0 aromatic carbocycles. The summed E-state index contributed by atoms with van der Waals surface area (Å²) in [5.74, 6) is 0.777. The molecule has 190 valence electrons. The van der Waals surface area contributed by atoms with Crippen molar-refractivity contribution in [3.8, 4) is 11.4 Å². The summed E-state index contributed by atoms with van der Waals surface area (Å²) in [5.41, 5.74) is 5.05. The van der Waals surface area contributed by atoms with Crippen LogP contribution in [0.1, 0.15) is 51.5 Å². The zero-order valence-electron chi connectivity index (χ0n) is 19.8. The average Bonchev–Trinajstić information content (AvgIpc) is 2.77. The number of aliphatic hydroxyl groups excluding tert-OH is 2. The van der Waals surface area contributed by atoms with E-state index in [2.05, 4.69) is 15.0 Å². The standard InChI is InChI=1S/C23H31F2N7O3/c1-23(2)11-35-4-3-31(23)21-28-20(17-10-27-18(26)9-16(17)19(24)25)29-22(30-21)32-12-5-14(33)7-13(32)8-15(34)6-12/h9-10,12-15,19,33-34H,3-8,11H2,1-2H3,(H2,26,27). The van der Waals surface area contributed by atoms with Gasteiger partial charge in [0.25, 0.3) is 6.43 Å². The lowest BCUT2D eigenvalue weighted by atomic mass is 9.82. The van der Waals surface area contributed by atoms with Gasteiger partial charge in [0.2, 0.25) is 11.9 Å². The summed E-state index contributed by atoms with van der Waals surface area (Å²) < 4.78 is 33.6. The molecular formula is C23H31F2N7O3. The molecule has 4 N–H and O–H groups in total. The van der Waals surface area contributed by atoms with Gasteiger partial charge in [-0.2, -0.15) is 15.0 Å². The molecule has 5 rings (SSSR count). The first-order chi connectivity index (χ1) is 16.6. The first-order valence-corrected chi connectivity index (χ1v) is 11.9. The Hall–Kier alpha value is -2.70. The van der Waals surface area contributed by atoms with E-state index in [0.717, 1.165) is 6.07 Å². The van der Waals surface area contributed by atoms with Crippen LogP contribution >= 0.6 is 0 Å². The van der Waals surface area contributed by atoms with Gasteiger partial charge >= 0.3 is 0 Å². The molecule has 2 aromatic heterocycles. The van der Waals surface area contributed by atoms with Gasteiger partial charge in [0.05, 0.1) is 31.0 Å². The maximum Gasteiger partial charge on any atom is 0.264 e. The quantitative estimate of drug-likeness (QED) is 0.582. The molecule has 2 aromatic rings. The Morgan fingerprint density at radius 1 is 1.06 bits per heavy atom. The molecule has 0 spiro atoms. The number of pyridine rings is 1. The Morgan fingerprint density at radius 2 is 1.69 bits per heavy atom. The van der Waals surface area contributed by atoms with Crippen molar-refractivity contribution >= 4 is 17.7 Å². The molecule has 0 saturated carbocycles. The molecule has 35 heavy (non-hydrogen) atoms. The van der Waals surface area contributed by atoms with Crippen molar-refractivity contribution in [2.24, 2.45) is 0 Å². The average molecular weight is 492 g/mol. The maximum atomic E-state index is 14.0. The number of nitrogens with two attached hydrogens (primary N) is 1. The number of aliphatic hydroxyl groups is 2. The number of rotatable bonds is 4. The zero-order valence-corrected chi connectivity index (χ0v) is 19.8. The number of alkyl halides is 2. The third-order valence-electron chi connectivity index (χ3n) is 7.13. The van der Waals surface area contributed by atoms with Gasteiger partial charge < -0.3 is 30.5 Å². The summed E-state index contributed by atoms with van der Waals surface area (Å²) in [6.45, 7) is 5.49. The topological polar surface area (TPSA) is 134 Å². The van der Waals surface area contributed by atoms with E-state index in [9.17, 15) is 19.0 Å². The van der Waals surface area contributed by atoms with E-state index in [1.54, 1.807) is 0 Å². The lowest BCUT2D eigenvalue weighted by Gasteiger charge is -2.49. The number of aromatic nitrogens is 4. The fourth-order valence-corrected chi connectivity index (χ4v) is 5.52. The summed E-state index contributed by atoms with van der Waals surface area (Å²) in [7, 11) is 0. The normalized spacial score (nSPS) is 28.4. The molecule has 0 radical (unpaired) electrons. The number of fused-ring (bicyclic) bond motifs is 2. The maximum absolute atomic E-state index is 14.0. The summed E-state index contributed by atoms with van der Waals surface area (Å²) in [4.78, 5) is 22.1. The van der Waals surface area contributed by atoms with Crippen molar-refractivity contribution in [1.82, 2.24) is 19.9 Å². The van der Waals surface area contributed by atoms with E-state index in [-0.39, 0.29) is 34.9 Å². The number of ether oxygens (including phenoxy) is 1. The Morgan fingerprint density at radius 3 is 2.29 bits per heavy atom. The van der Waals surface area contributed by atoms with Gasteiger partial charge in [-0.15, -0.1) is 0 Å². The first-order valence-electron chi connectivity index (χ1n) is 11.9. The molecular weight excluding hydrogens is 460 g/mol. The van der Waals surface area contributed by atoms with Crippen molar-refractivity contribution < 1.29 is 23.7 Å². The summed E-state index contributed by atoms with van der Waals surface area (Å²) in [6.07, 6.45) is -0.582. The van der Waals surface area contributed by atoms with Crippen molar-refractivity contribution in [3.05, 3.63) is 17.8 Å². The van der Waals surface area contributed by atoms with E-state index in [1.807, 2.05) is 23.6 Å². The SMILES string of the molecule is CC1(C)COCCN1c1nc(-c2cnc(N)cc2C(F)F)nc(N2C3CC(O)CC2CC(O)C3)n1. The van der Waals surface area contributed by atoms with Crippen molar-refractivity contribution in [2.45, 2.75) is 75.8 Å². The molecule has 0 atom stereocenters. The second-order valence-electron chi connectivity index (χ2n) is 10.2. The molecule has 0 amide bonds. The Bertz CT molecular complexity index is 1060. The van der Waals surface area contributed by atoms with Gasteiger partial charge in [-0.25, -0.2) is 13.8 Å². The number of halogens is 2. The molecule has 3 saturated heterocycles. The molecule has 10 nitrogen and oxygen atoms in total. The smallest absolute Gasteiger partial charge is 0.264 e. The molecule has 3 aliphatic heterocycles. The molecule has 0 unspecified atom stereocenters. The number of anilines is 3. The number of nitrogens with zero attached hydrogens (tertiary/aromatic N) is 6. The third kappa shape index (κ3) is 4.62. The van der Waals surface area contributed by atoms with Crippen molar-refractivity contribution in [2.75, 3.05) is 35.3 Å². The van der Waals surface area contributed by atoms with Crippen LogP contribution in [-0.4, -0.2) is 79.7 Å². The number of morpholine rings is 1. The highest BCUT2D eigenvalue weighted by Crippen LogP contribution is 2.39. The number of hydrogen-bond donors (Lipinski definition) is 3. The first kappa shape index (κ1) is 24.0. The minimum atomic E-state index is -2.79. The minimum absolute atomic E-state index is 0.0126. The van der Waals surface area contributed by atoms with Crippen LogP contribution in [0.2, 0.25) is 0 Å². The molecule has 12 heteroatoms. The third-order valence-corrected chi connectivity index (χ3v) is 7.13. The monoisotopic (exact) mass is 491 g/mol. The van der Waals surface area contributed by atoms with E-state index in [0.29, 0.717) is 57.3 Å². The van der Waals surface area contributed by atoms with Gasteiger partial charge in [0.15, 0.2) is 5.82 Å². The predicted molar refractivity (Wildman–Crippen MR) is 125 cm³/mol. The molecule has 0 aliphatic carbocycles. The van der Waals surface area contributed by atoms with E-state index in [4.69, 9.17) is 15.5 Å². The molecule has 3 aliphatic rings. The summed E-state index contributed by atoms with van der Waals surface area (Å²) in [6, 6.07) is 0.796. The van der Waals surface area contributed by atoms with Gasteiger partial charge in [0, 0.05) is 36.0 Å². The number of piperidine rings is 2. The zero-order chi connectivity index (χ0) is 24.9. The van der Waals surface area contributed by atoms with E-state index in [1.165, 1.54) is 6.20 Å². The summed E-state index contributed by atoms with van der Waals surface area (Å²) in [5, 5.41) is 20.7. The van der Waals surface area contributed by atoms with Crippen molar-refractivity contribution in [3.63, 3.8) is 0 Å². The molecule has 2 bridgehead atoms. The Labute approximate surface area is 202 Å². The highest BCUT2D eigenvalue weighted by atomic mass is 19.3. The van der Waals surface area contributed by atoms with Crippen molar-refractivity contribution in [1.29, 1.82) is 0 Å². The van der Waals surface area contributed by atoms with Gasteiger partial charge in [-0.3, -0.25) is 0 Å². The van der Waals surface area contributed by atoms with Gasteiger partial charge in [-0.1, -0.05) is 0 Å². The van der Waals surface area contributed by atoms with Crippen LogP contribution in [-0.2, 0) is 4.74 Å². The Kier molecular flexibility index (Phi) is 6.22. The minimum Gasteiger partial charge on any atom is -0.393 e. The molecule has 3 fully saturated rings. The second-order valence-corrected chi connectivity index (χ2v) is 10.2. The lowest BCUT2D eigenvalue weighted by Crippen LogP contribution is -2.58. The van der Waals surface area contributed by atoms with Crippen LogP contribution in [0.3, 0.4) is 0 Å². The van der Waals surface area contributed by atoms with Crippen LogP contribution in [0.5, 0.6) is 0 Å². The van der Waals surface area contributed by atoms with Crippen LogP contribution < -0.4 is 15.5 Å². The largest absolute Gasteiger partial charge is 0.393 e. The van der Waals surface area contributed by atoms with Crippen LogP contribution in [0, 0.1) is 0 Å². The highest BCUT2D eigenvalue weighted by Gasteiger charge is 2.43. The molecule has 5 heterocycles. The number of hydrogen-bond acceptors (Lipinski definition) is 10. The summed E-state index contributed by atoms with van der Waals surface area (Å²) >= 11 is 0. The van der Waals surface area contributed by atoms with Crippen LogP contribution in [0.4, 0.5) is 26.5 Å². The second kappa shape index (κ2) is 9.07. The predicted octanol–water partition coefficient (Wildman–Crippen LogP) is 1.92.